The summed E-state index contributed by atoms with van der Waals surface area (Å²) in [6, 6.07) is 5.95. The molecule has 1 aromatic carbocycles. The molecule has 0 saturated carbocycles. The Morgan fingerprint density at radius 2 is 2.20 bits per heavy atom. The van der Waals surface area contributed by atoms with E-state index in [4.69, 9.17) is 13.9 Å². The van der Waals surface area contributed by atoms with Gasteiger partial charge in [0.05, 0.1) is 18.2 Å². The fraction of sp³-hybridized carbons (Fsp3) is 0.385. The van der Waals surface area contributed by atoms with Crippen molar-refractivity contribution in [2.45, 2.75) is 6.92 Å². The van der Waals surface area contributed by atoms with Crippen molar-refractivity contribution in [3.63, 3.8) is 0 Å². The lowest BCUT2D eigenvalue weighted by molar-refractivity contribution is 0.157. The highest BCUT2D eigenvalue weighted by Crippen LogP contribution is 2.30. The number of methoxy groups -OCH3 is 1. The summed E-state index contributed by atoms with van der Waals surface area (Å²) in [5, 5.41) is 10.9. The van der Waals surface area contributed by atoms with Crippen LogP contribution in [0.15, 0.2) is 27.1 Å². The average Bonchev–Trinajstić information content (AvgIpc) is 2.92. The second kappa shape index (κ2) is 7.25. The number of hydrogen-bond acceptors (Lipinski definition) is 6. The minimum atomic E-state index is 0.381. The lowest BCUT2D eigenvalue weighted by atomic mass is 10.2. The van der Waals surface area contributed by atoms with Crippen molar-refractivity contribution in [1.29, 1.82) is 0 Å². The first-order valence-corrected chi connectivity index (χ1v) is 7.03. The number of rotatable bonds is 7. The fourth-order valence-corrected chi connectivity index (χ4v) is 2.13. The van der Waals surface area contributed by atoms with Crippen LogP contribution in [-0.2, 0) is 4.74 Å². The standard InChI is InChI=1S/C13H16BrN3O3/c1-3-19-7-6-15-13-17-16-12(20-13)9-4-5-11(18-2)10(14)8-9/h4-5,8H,3,6-7H2,1-2H3,(H,15,17). The topological polar surface area (TPSA) is 69.4 Å². The van der Waals surface area contributed by atoms with Gasteiger partial charge in [-0.05, 0) is 41.1 Å². The first-order chi connectivity index (χ1) is 9.74. The highest BCUT2D eigenvalue weighted by Gasteiger charge is 2.10. The van der Waals surface area contributed by atoms with Crippen LogP contribution >= 0.6 is 15.9 Å². The molecule has 0 fully saturated rings. The minimum Gasteiger partial charge on any atom is -0.496 e. The highest BCUT2D eigenvalue weighted by molar-refractivity contribution is 9.10. The van der Waals surface area contributed by atoms with Gasteiger partial charge in [0.2, 0.25) is 5.89 Å². The Morgan fingerprint density at radius 1 is 1.35 bits per heavy atom. The second-order valence-electron chi connectivity index (χ2n) is 3.89. The lowest BCUT2D eigenvalue weighted by Crippen LogP contribution is -2.09. The average molecular weight is 342 g/mol. The first-order valence-electron chi connectivity index (χ1n) is 6.23. The van der Waals surface area contributed by atoms with E-state index in [9.17, 15) is 0 Å². The van der Waals surface area contributed by atoms with Gasteiger partial charge in [-0.3, -0.25) is 0 Å². The molecular weight excluding hydrogens is 326 g/mol. The van der Waals surface area contributed by atoms with Gasteiger partial charge in [0.1, 0.15) is 5.75 Å². The number of benzene rings is 1. The fourth-order valence-electron chi connectivity index (χ4n) is 1.59. The van der Waals surface area contributed by atoms with Gasteiger partial charge >= 0.3 is 6.01 Å². The zero-order chi connectivity index (χ0) is 14.4. The molecule has 0 aliphatic heterocycles. The van der Waals surface area contributed by atoms with Crippen molar-refractivity contribution in [2.75, 3.05) is 32.2 Å². The third-order valence-electron chi connectivity index (χ3n) is 2.55. The predicted molar refractivity (Wildman–Crippen MR) is 79.0 cm³/mol. The van der Waals surface area contributed by atoms with Crippen LogP contribution in [0.25, 0.3) is 11.5 Å². The van der Waals surface area contributed by atoms with Crippen molar-refractivity contribution in [2.24, 2.45) is 0 Å². The molecule has 0 aliphatic rings. The van der Waals surface area contributed by atoms with E-state index >= 15 is 0 Å². The summed E-state index contributed by atoms with van der Waals surface area (Å²) < 4.78 is 16.8. The van der Waals surface area contributed by atoms with Crippen molar-refractivity contribution in [3.05, 3.63) is 22.7 Å². The van der Waals surface area contributed by atoms with E-state index in [1.807, 2.05) is 25.1 Å². The Bertz CT molecular complexity index is 560. The van der Waals surface area contributed by atoms with Crippen LogP contribution in [0.5, 0.6) is 5.75 Å². The molecule has 1 N–H and O–H groups in total. The third-order valence-corrected chi connectivity index (χ3v) is 3.17. The van der Waals surface area contributed by atoms with Crippen LogP contribution in [-0.4, -0.2) is 37.1 Å². The maximum absolute atomic E-state index is 5.53. The third kappa shape index (κ3) is 3.71. The van der Waals surface area contributed by atoms with Crippen LogP contribution in [0.1, 0.15) is 6.92 Å². The van der Waals surface area contributed by atoms with E-state index in [0.29, 0.717) is 31.7 Å². The maximum atomic E-state index is 5.53. The van der Waals surface area contributed by atoms with E-state index in [1.165, 1.54) is 0 Å². The summed E-state index contributed by atoms with van der Waals surface area (Å²) in [5.41, 5.74) is 0.822. The maximum Gasteiger partial charge on any atom is 0.315 e. The molecule has 20 heavy (non-hydrogen) atoms. The van der Waals surface area contributed by atoms with Gasteiger partial charge in [-0.1, -0.05) is 5.10 Å². The van der Waals surface area contributed by atoms with Crippen LogP contribution in [0.4, 0.5) is 6.01 Å². The highest BCUT2D eigenvalue weighted by atomic mass is 79.9. The number of hydrogen-bond donors (Lipinski definition) is 1. The van der Waals surface area contributed by atoms with Crippen LogP contribution < -0.4 is 10.1 Å². The lowest BCUT2D eigenvalue weighted by Gasteiger charge is -2.03. The molecule has 2 aromatic rings. The molecule has 0 spiro atoms. The molecule has 1 aromatic heterocycles. The van der Waals surface area contributed by atoms with Crippen molar-refractivity contribution < 1.29 is 13.9 Å². The summed E-state index contributed by atoms with van der Waals surface area (Å²) in [4.78, 5) is 0. The molecular formula is C13H16BrN3O3. The van der Waals surface area contributed by atoms with Crippen LogP contribution in [0, 0.1) is 0 Å². The SMILES string of the molecule is CCOCCNc1nnc(-c2ccc(OC)c(Br)c2)o1. The van der Waals surface area contributed by atoms with Crippen molar-refractivity contribution >= 4 is 21.9 Å². The number of halogens is 1. The molecule has 2 rings (SSSR count). The molecule has 1 heterocycles. The van der Waals surface area contributed by atoms with Crippen LogP contribution in [0.3, 0.4) is 0 Å². The number of nitrogens with zero attached hydrogens (tertiary/aromatic N) is 2. The van der Waals surface area contributed by atoms with E-state index in [2.05, 4.69) is 31.4 Å². The van der Waals surface area contributed by atoms with Crippen molar-refractivity contribution in [3.8, 4) is 17.2 Å². The molecule has 0 aliphatic carbocycles. The van der Waals surface area contributed by atoms with Gasteiger partial charge in [-0.2, -0.15) is 0 Å². The number of nitrogens with one attached hydrogen (secondary N) is 1. The number of anilines is 1. The van der Waals surface area contributed by atoms with Crippen LogP contribution in [0.2, 0.25) is 0 Å². The minimum absolute atomic E-state index is 0.381. The molecule has 6 nitrogen and oxygen atoms in total. The second-order valence-corrected chi connectivity index (χ2v) is 4.74. The van der Waals surface area contributed by atoms with Crippen molar-refractivity contribution in [1.82, 2.24) is 10.2 Å². The van der Waals surface area contributed by atoms with Gasteiger partial charge in [-0.15, -0.1) is 5.10 Å². The zero-order valence-corrected chi connectivity index (χ0v) is 12.9. The largest absolute Gasteiger partial charge is 0.496 e. The molecule has 0 atom stereocenters. The van der Waals surface area contributed by atoms with Gasteiger partial charge in [0, 0.05) is 18.7 Å². The molecule has 0 unspecified atom stereocenters. The number of aromatic nitrogens is 2. The smallest absolute Gasteiger partial charge is 0.315 e. The monoisotopic (exact) mass is 341 g/mol. The predicted octanol–water partition coefficient (Wildman–Crippen LogP) is 2.96. The summed E-state index contributed by atoms with van der Waals surface area (Å²) in [6.45, 7) is 3.87. The molecule has 0 bridgehead atoms. The van der Waals surface area contributed by atoms with Gasteiger partial charge in [-0.25, -0.2) is 0 Å². The van der Waals surface area contributed by atoms with Gasteiger partial charge in [0.15, 0.2) is 0 Å². The van der Waals surface area contributed by atoms with E-state index in [1.54, 1.807) is 7.11 Å². The zero-order valence-electron chi connectivity index (χ0n) is 11.4. The molecule has 7 heteroatoms. The van der Waals surface area contributed by atoms with Gasteiger partial charge < -0.3 is 19.2 Å². The number of ether oxygens (including phenoxy) is 2. The molecule has 0 saturated heterocycles. The van der Waals surface area contributed by atoms with E-state index in [-0.39, 0.29) is 0 Å². The van der Waals surface area contributed by atoms with E-state index in [0.717, 1.165) is 15.8 Å². The summed E-state index contributed by atoms with van der Waals surface area (Å²) in [7, 11) is 1.62. The Morgan fingerprint density at radius 3 is 2.90 bits per heavy atom. The first kappa shape index (κ1) is 14.8. The summed E-state index contributed by atoms with van der Waals surface area (Å²) in [5.74, 6) is 1.20. The molecule has 0 amide bonds. The van der Waals surface area contributed by atoms with Gasteiger partial charge in [0.25, 0.3) is 0 Å². The Labute approximate surface area is 125 Å². The Kier molecular flexibility index (Phi) is 5.37. The molecule has 0 radical (unpaired) electrons. The normalized spacial score (nSPS) is 10.6. The Hall–Kier alpha value is -1.60. The summed E-state index contributed by atoms with van der Waals surface area (Å²) in [6.07, 6.45) is 0. The Balaban J connectivity index is 2.03. The quantitative estimate of drug-likeness (QED) is 0.780. The van der Waals surface area contributed by atoms with E-state index < -0.39 is 0 Å². The molecule has 108 valence electrons. The summed E-state index contributed by atoms with van der Waals surface area (Å²) >= 11 is 3.42.